The van der Waals surface area contributed by atoms with Gasteiger partial charge in [-0.2, -0.15) is 0 Å². The molecule has 4 nitrogen and oxygen atoms in total. The molecule has 0 aliphatic heterocycles. The molecule has 1 aromatic carbocycles. The first-order valence-corrected chi connectivity index (χ1v) is 7.81. The molecule has 2 unspecified atom stereocenters. The molecule has 116 valence electrons. The molecule has 0 saturated heterocycles. The lowest BCUT2D eigenvalue weighted by molar-refractivity contribution is 0.0390. The minimum absolute atomic E-state index is 0.124. The number of aliphatic hydroxyl groups is 1. The molecule has 0 aliphatic rings. The maximum atomic E-state index is 12.4. The first kappa shape index (κ1) is 18.3. The largest absolute Gasteiger partial charge is 0.382 e. The SMILES string of the molecule is CCC(C)(O)C(=O)c1ccc(C(=O)C(C)(CC)OI)cc1. The summed E-state index contributed by atoms with van der Waals surface area (Å²) in [5.41, 5.74) is -1.37. The molecule has 1 N–H and O–H groups in total. The molecule has 0 aliphatic carbocycles. The minimum Gasteiger partial charge on any atom is -0.382 e. The van der Waals surface area contributed by atoms with E-state index in [1.165, 1.54) is 6.92 Å². The summed E-state index contributed by atoms with van der Waals surface area (Å²) in [5.74, 6) is -0.465. The summed E-state index contributed by atoms with van der Waals surface area (Å²) < 4.78 is 5.27. The van der Waals surface area contributed by atoms with Crippen molar-refractivity contribution in [2.45, 2.75) is 51.7 Å². The van der Waals surface area contributed by atoms with E-state index < -0.39 is 11.2 Å². The average molecular weight is 404 g/mol. The molecule has 0 amide bonds. The van der Waals surface area contributed by atoms with Crippen LogP contribution in [-0.4, -0.2) is 27.9 Å². The summed E-state index contributed by atoms with van der Waals surface area (Å²) in [6.45, 7) is 6.86. The van der Waals surface area contributed by atoms with Gasteiger partial charge >= 0.3 is 0 Å². The Morgan fingerprint density at radius 3 is 1.81 bits per heavy atom. The third-order valence-electron chi connectivity index (χ3n) is 3.91. The topological polar surface area (TPSA) is 63.6 Å². The monoisotopic (exact) mass is 404 g/mol. The third-order valence-corrected chi connectivity index (χ3v) is 4.88. The number of halogens is 1. The van der Waals surface area contributed by atoms with Crippen LogP contribution in [0.4, 0.5) is 0 Å². The van der Waals surface area contributed by atoms with Crippen LogP contribution in [0.5, 0.6) is 0 Å². The summed E-state index contributed by atoms with van der Waals surface area (Å²) in [5, 5.41) is 9.99. The van der Waals surface area contributed by atoms with Crippen molar-refractivity contribution in [3.63, 3.8) is 0 Å². The normalized spacial score (nSPS) is 16.9. The maximum Gasteiger partial charge on any atom is 0.195 e. The second-order valence-electron chi connectivity index (χ2n) is 5.52. The van der Waals surface area contributed by atoms with Gasteiger partial charge in [0.25, 0.3) is 0 Å². The van der Waals surface area contributed by atoms with Crippen molar-refractivity contribution >= 4 is 34.6 Å². The summed E-state index contributed by atoms with van der Waals surface area (Å²) >= 11 is 1.73. The van der Waals surface area contributed by atoms with Gasteiger partial charge in [0, 0.05) is 11.1 Å². The quantitative estimate of drug-likeness (QED) is 0.556. The summed E-state index contributed by atoms with van der Waals surface area (Å²) in [7, 11) is 0. The zero-order valence-corrected chi connectivity index (χ0v) is 14.9. The van der Waals surface area contributed by atoms with Crippen LogP contribution < -0.4 is 0 Å². The van der Waals surface area contributed by atoms with Gasteiger partial charge < -0.3 is 8.17 Å². The van der Waals surface area contributed by atoms with Gasteiger partial charge in [-0.05, 0) is 26.7 Å². The van der Waals surface area contributed by atoms with Crippen LogP contribution in [0.1, 0.15) is 61.3 Å². The van der Waals surface area contributed by atoms with Gasteiger partial charge in [0.2, 0.25) is 0 Å². The van der Waals surface area contributed by atoms with E-state index in [0.29, 0.717) is 24.0 Å². The molecule has 5 heteroatoms. The van der Waals surface area contributed by atoms with Crippen molar-refractivity contribution < 1.29 is 17.8 Å². The molecule has 1 rings (SSSR count). The third kappa shape index (κ3) is 3.90. The Kier molecular flexibility index (Phi) is 6.07. The first-order chi connectivity index (χ1) is 9.71. The van der Waals surface area contributed by atoms with Crippen LogP contribution in [0.3, 0.4) is 0 Å². The summed E-state index contributed by atoms with van der Waals surface area (Å²) in [6.07, 6.45) is 0.892. The van der Waals surface area contributed by atoms with E-state index in [0.717, 1.165) is 0 Å². The number of benzene rings is 1. The highest BCUT2D eigenvalue weighted by molar-refractivity contribution is 14.1. The van der Waals surface area contributed by atoms with Crippen molar-refractivity contribution in [1.29, 1.82) is 0 Å². The highest BCUT2D eigenvalue weighted by Crippen LogP contribution is 2.25. The van der Waals surface area contributed by atoms with Crippen LogP contribution in [0, 0.1) is 0 Å². The fraction of sp³-hybridized carbons (Fsp3) is 0.500. The van der Waals surface area contributed by atoms with E-state index in [1.807, 2.05) is 6.92 Å². The fourth-order valence-corrected chi connectivity index (χ4v) is 2.31. The molecule has 0 saturated carbocycles. The van der Waals surface area contributed by atoms with Crippen LogP contribution in [0.25, 0.3) is 0 Å². The summed E-state index contributed by atoms with van der Waals surface area (Å²) in [4.78, 5) is 24.5. The maximum absolute atomic E-state index is 12.4. The van der Waals surface area contributed by atoms with Crippen LogP contribution in [0.15, 0.2) is 24.3 Å². The molecule has 2 atom stereocenters. The van der Waals surface area contributed by atoms with Gasteiger partial charge in [0.05, 0.1) is 0 Å². The van der Waals surface area contributed by atoms with Gasteiger partial charge in [0.15, 0.2) is 11.6 Å². The first-order valence-electron chi connectivity index (χ1n) is 6.93. The zero-order valence-electron chi connectivity index (χ0n) is 12.8. The minimum atomic E-state index is -1.38. The molecule has 1 aromatic rings. The Hall–Kier alpha value is -0.790. The smallest absolute Gasteiger partial charge is 0.195 e. The molecular formula is C16H21IO4. The molecule has 0 radical (unpaired) electrons. The van der Waals surface area contributed by atoms with Crippen LogP contribution in [-0.2, 0) is 3.07 Å². The Morgan fingerprint density at radius 2 is 1.48 bits per heavy atom. The van der Waals surface area contributed by atoms with Crippen molar-refractivity contribution in [1.82, 2.24) is 0 Å². The van der Waals surface area contributed by atoms with E-state index in [9.17, 15) is 14.7 Å². The Bertz CT molecular complexity index is 516. The van der Waals surface area contributed by atoms with Crippen LogP contribution in [0.2, 0.25) is 0 Å². The van der Waals surface area contributed by atoms with E-state index in [2.05, 4.69) is 0 Å². The Balaban J connectivity index is 3.04. The lowest BCUT2D eigenvalue weighted by Gasteiger charge is -2.23. The number of carbonyl (C=O) groups excluding carboxylic acids is 2. The molecule has 0 fully saturated rings. The lowest BCUT2D eigenvalue weighted by Crippen LogP contribution is -2.35. The van der Waals surface area contributed by atoms with Gasteiger partial charge in [-0.25, -0.2) is 0 Å². The van der Waals surface area contributed by atoms with Crippen molar-refractivity contribution in [3.8, 4) is 0 Å². The van der Waals surface area contributed by atoms with E-state index >= 15 is 0 Å². The molecule has 0 aromatic heterocycles. The van der Waals surface area contributed by atoms with Crippen molar-refractivity contribution in [2.24, 2.45) is 0 Å². The molecule has 0 heterocycles. The van der Waals surface area contributed by atoms with Gasteiger partial charge in [-0.1, -0.05) is 38.1 Å². The fourth-order valence-electron chi connectivity index (χ4n) is 1.80. The van der Waals surface area contributed by atoms with E-state index in [-0.39, 0.29) is 11.6 Å². The number of carbonyl (C=O) groups is 2. The van der Waals surface area contributed by atoms with Crippen molar-refractivity contribution in [2.75, 3.05) is 0 Å². The Morgan fingerprint density at radius 1 is 1.05 bits per heavy atom. The van der Waals surface area contributed by atoms with Crippen LogP contribution >= 0.6 is 23.0 Å². The number of rotatable bonds is 7. The number of ketones is 2. The predicted molar refractivity (Wildman–Crippen MR) is 89.8 cm³/mol. The van der Waals surface area contributed by atoms with Gasteiger partial charge in [-0.15, -0.1) is 0 Å². The van der Waals surface area contributed by atoms with E-state index in [4.69, 9.17) is 3.07 Å². The predicted octanol–water partition coefficient (Wildman–Crippen LogP) is 3.75. The molecule has 0 bridgehead atoms. The highest BCUT2D eigenvalue weighted by Gasteiger charge is 2.33. The number of hydrogen-bond donors (Lipinski definition) is 1. The molecular weight excluding hydrogens is 383 g/mol. The second-order valence-corrected chi connectivity index (χ2v) is 5.96. The number of hydrogen-bond acceptors (Lipinski definition) is 4. The Labute approximate surface area is 139 Å². The molecule has 21 heavy (non-hydrogen) atoms. The van der Waals surface area contributed by atoms with Crippen molar-refractivity contribution in [3.05, 3.63) is 35.4 Å². The molecule has 0 spiro atoms. The standard InChI is InChI=1S/C16H21IO4/c1-5-15(3,20)13(18)11-7-9-12(10-8-11)14(19)16(4,6-2)21-17/h7-10,20H,5-6H2,1-4H3. The lowest BCUT2D eigenvalue weighted by atomic mass is 9.89. The van der Waals surface area contributed by atoms with E-state index in [1.54, 1.807) is 61.1 Å². The number of Topliss-reactive ketones (excluding diaryl/α,β-unsaturated/α-hetero) is 2. The van der Waals surface area contributed by atoms with Gasteiger partial charge in [0.1, 0.15) is 34.2 Å². The zero-order chi connectivity index (χ0) is 16.3. The average Bonchev–Trinajstić information content (AvgIpc) is 2.52. The van der Waals surface area contributed by atoms with Gasteiger partial charge in [-0.3, -0.25) is 9.59 Å². The highest BCUT2D eigenvalue weighted by atomic mass is 127. The second kappa shape index (κ2) is 6.98. The summed E-state index contributed by atoms with van der Waals surface area (Å²) in [6, 6.07) is 6.35.